The fourth-order valence-electron chi connectivity index (χ4n) is 4.04. The highest BCUT2D eigenvalue weighted by Gasteiger charge is 2.18. The average molecular weight is 384 g/mol. The summed E-state index contributed by atoms with van der Waals surface area (Å²) in [5, 5.41) is 8.96. The normalized spacial score (nSPS) is 14.6. The zero-order valence-corrected chi connectivity index (χ0v) is 16.4. The lowest BCUT2D eigenvalue weighted by Crippen LogP contribution is -2.26. The zero-order valence-electron chi connectivity index (χ0n) is 16.4. The van der Waals surface area contributed by atoms with Gasteiger partial charge >= 0.3 is 0 Å². The second-order valence-electron chi connectivity index (χ2n) is 7.58. The first-order valence-electron chi connectivity index (χ1n) is 10.2. The average Bonchev–Trinajstić information content (AvgIpc) is 3.05. The van der Waals surface area contributed by atoms with Crippen LogP contribution in [0.25, 0.3) is 11.0 Å². The van der Waals surface area contributed by atoms with Crippen molar-refractivity contribution in [2.45, 2.75) is 32.4 Å². The molecule has 1 aliphatic heterocycles. The molecule has 1 aliphatic rings. The van der Waals surface area contributed by atoms with Crippen LogP contribution < -0.4 is 0 Å². The van der Waals surface area contributed by atoms with Gasteiger partial charge in [0.2, 0.25) is 0 Å². The number of hydrogen-bond acceptors (Lipinski definition) is 5. The van der Waals surface area contributed by atoms with E-state index in [1.807, 2.05) is 0 Å². The Hall–Kier alpha value is -3.12. The number of hydrogen-bond donors (Lipinski definition) is 0. The van der Waals surface area contributed by atoms with E-state index in [1.54, 1.807) is 12.4 Å². The number of rotatable bonds is 5. The van der Waals surface area contributed by atoms with Crippen LogP contribution in [0.3, 0.4) is 0 Å². The van der Waals surface area contributed by atoms with Crippen LogP contribution in [0.2, 0.25) is 0 Å². The molecule has 6 nitrogen and oxygen atoms in total. The number of benzene rings is 2. The van der Waals surface area contributed by atoms with Gasteiger partial charge in [-0.1, -0.05) is 36.4 Å². The van der Waals surface area contributed by atoms with Crippen molar-refractivity contribution in [3.63, 3.8) is 0 Å². The minimum atomic E-state index is 0.921. The molecule has 0 radical (unpaired) electrons. The molecule has 0 amide bonds. The summed E-state index contributed by atoms with van der Waals surface area (Å²) in [6, 6.07) is 17.0. The Labute approximate surface area is 170 Å². The molecule has 5 rings (SSSR count). The van der Waals surface area contributed by atoms with Gasteiger partial charge in [0.15, 0.2) is 0 Å². The first-order valence-corrected chi connectivity index (χ1v) is 10.2. The highest BCUT2D eigenvalue weighted by atomic mass is 15.3. The van der Waals surface area contributed by atoms with E-state index in [2.05, 4.69) is 78.2 Å². The molecule has 0 unspecified atom stereocenters. The molecule has 0 atom stereocenters. The van der Waals surface area contributed by atoms with Crippen LogP contribution in [-0.4, -0.2) is 42.7 Å². The lowest BCUT2D eigenvalue weighted by molar-refractivity contribution is 0.270. The van der Waals surface area contributed by atoms with Crippen molar-refractivity contribution >= 4 is 11.0 Å². The molecular formula is C23H24N6. The Kier molecular flexibility index (Phi) is 5.01. The summed E-state index contributed by atoms with van der Waals surface area (Å²) in [5.74, 6) is 2.21. The minimum Gasteiger partial charge on any atom is -0.314 e. The largest absolute Gasteiger partial charge is 0.314 e. The van der Waals surface area contributed by atoms with E-state index < -0.39 is 0 Å². The summed E-state index contributed by atoms with van der Waals surface area (Å²) in [6.45, 7) is 3.86. The highest BCUT2D eigenvalue weighted by molar-refractivity contribution is 5.74. The van der Waals surface area contributed by atoms with Gasteiger partial charge in [-0.2, -0.15) is 0 Å². The van der Waals surface area contributed by atoms with Crippen molar-refractivity contribution in [1.82, 2.24) is 29.6 Å². The maximum Gasteiger partial charge on any atom is 0.134 e. The van der Waals surface area contributed by atoms with Crippen LogP contribution in [0.15, 0.2) is 60.9 Å². The first-order chi connectivity index (χ1) is 14.3. The Morgan fingerprint density at radius 1 is 0.759 bits per heavy atom. The first kappa shape index (κ1) is 17.9. The number of fused-ring (bicyclic) bond motifs is 2. The molecule has 3 heterocycles. The van der Waals surface area contributed by atoms with E-state index in [9.17, 15) is 0 Å². The SMILES string of the molecule is c1ccc(CCc2nnc3n2CCN(Cc2ccc4nccnc4c2)CC3)cc1. The van der Waals surface area contributed by atoms with E-state index in [1.165, 1.54) is 11.1 Å². The Balaban J connectivity index is 1.25. The Morgan fingerprint density at radius 3 is 2.52 bits per heavy atom. The molecule has 6 heteroatoms. The van der Waals surface area contributed by atoms with Crippen LogP contribution in [0.1, 0.15) is 22.8 Å². The number of nitrogens with zero attached hydrogens (tertiary/aromatic N) is 6. The second kappa shape index (κ2) is 8.09. The summed E-state index contributed by atoms with van der Waals surface area (Å²) in [5.41, 5.74) is 4.53. The lowest BCUT2D eigenvalue weighted by atomic mass is 10.1. The van der Waals surface area contributed by atoms with Gasteiger partial charge in [0.1, 0.15) is 11.6 Å². The van der Waals surface area contributed by atoms with Gasteiger partial charge in [0, 0.05) is 51.4 Å². The van der Waals surface area contributed by atoms with Gasteiger partial charge in [0.05, 0.1) is 11.0 Å². The van der Waals surface area contributed by atoms with Gasteiger partial charge in [-0.3, -0.25) is 14.9 Å². The van der Waals surface area contributed by atoms with Crippen molar-refractivity contribution in [2.75, 3.05) is 13.1 Å². The molecule has 2 aromatic heterocycles. The van der Waals surface area contributed by atoms with Crippen LogP contribution in [0, 0.1) is 0 Å². The molecule has 0 aliphatic carbocycles. The van der Waals surface area contributed by atoms with Crippen LogP contribution in [0.4, 0.5) is 0 Å². The van der Waals surface area contributed by atoms with Gasteiger partial charge in [-0.05, 0) is 29.7 Å². The molecular weight excluding hydrogens is 360 g/mol. The van der Waals surface area contributed by atoms with E-state index in [0.29, 0.717) is 0 Å². The summed E-state index contributed by atoms with van der Waals surface area (Å²) in [6.07, 6.45) is 6.36. The standard InChI is InChI=1S/C23H24N6/c1-2-4-18(5-3-1)7-9-22-26-27-23-10-13-28(14-15-29(22)23)17-19-6-8-20-21(16-19)25-12-11-24-20/h1-6,8,11-12,16H,7,9-10,13-15,17H2. The van der Waals surface area contributed by atoms with E-state index in [4.69, 9.17) is 0 Å². The fourth-order valence-corrected chi connectivity index (χ4v) is 4.04. The Bertz CT molecular complexity index is 1100. The van der Waals surface area contributed by atoms with Crippen molar-refractivity contribution in [3.05, 3.63) is 83.7 Å². The van der Waals surface area contributed by atoms with E-state index >= 15 is 0 Å². The Morgan fingerprint density at radius 2 is 1.62 bits per heavy atom. The molecule has 0 fully saturated rings. The van der Waals surface area contributed by atoms with Crippen molar-refractivity contribution in [1.29, 1.82) is 0 Å². The topological polar surface area (TPSA) is 59.7 Å². The number of aryl methyl sites for hydroxylation is 2. The van der Waals surface area contributed by atoms with Crippen LogP contribution >= 0.6 is 0 Å². The fraction of sp³-hybridized carbons (Fsp3) is 0.304. The third-order valence-corrected chi connectivity index (χ3v) is 5.62. The molecule has 4 aromatic rings. The van der Waals surface area contributed by atoms with Gasteiger partial charge in [-0.25, -0.2) is 0 Å². The molecule has 2 aromatic carbocycles. The van der Waals surface area contributed by atoms with Gasteiger partial charge < -0.3 is 4.57 Å². The summed E-state index contributed by atoms with van der Waals surface area (Å²) < 4.78 is 2.33. The van der Waals surface area contributed by atoms with Crippen molar-refractivity contribution in [2.24, 2.45) is 0 Å². The van der Waals surface area contributed by atoms with Crippen molar-refractivity contribution in [3.8, 4) is 0 Å². The van der Waals surface area contributed by atoms with Crippen LogP contribution in [-0.2, 0) is 32.4 Å². The van der Waals surface area contributed by atoms with Gasteiger partial charge in [-0.15, -0.1) is 10.2 Å². The quantitative estimate of drug-likeness (QED) is 0.529. The molecule has 0 spiro atoms. The summed E-state index contributed by atoms with van der Waals surface area (Å²) >= 11 is 0. The molecule has 0 bridgehead atoms. The third kappa shape index (κ3) is 4.03. The maximum atomic E-state index is 4.48. The van der Waals surface area contributed by atoms with E-state index in [-0.39, 0.29) is 0 Å². The molecule has 146 valence electrons. The molecule has 0 saturated carbocycles. The smallest absolute Gasteiger partial charge is 0.134 e. The predicted molar refractivity (Wildman–Crippen MR) is 112 cm³/mol. The van der Waals surface area contributed by atoms with Crippen LogP contribution in [0.5, 0.6) is 0 Å². The summed E-state index contributed by atoms with van der Waals surface area (Å²) in [4.78, 5) is 11.3. The summed E-state index contributed by atoms with van der Waals surface area (Å²) in [7, 11) is 0. The molecule has 0 N–H and O–H groups in total. The van der Waals surface area contributed by atoms with E-state index in [0.717, 1.165) is 68.1 Å². The second-order valence-corrected chi connectivity index (χ2v) is 7.58. The monoisotopic (exact) mass is 384 g/mol. The third-order valence-electron chi connectivity index (χ3n) is 5.62. The predicted octanol–water partition coefficient (Wildman–Crippen LogP) is 3.06. The maximum absolute atomic E-state index is 4.48. The molecule has 29 heavy (non-hydrogen) atoms. The lowest BCUT2D eigenvalue weighted by Gasteiger charge is -2.19. The number of aromatic nitrogens is 5. The molecule has 0 saturated heterocycles. The zero-order chi connectivity index (χ0) is 19.5. The highest BCUT2D eigenvalue weighted by Crippen LogP contribution is 2.16. The van der Waals surface area contributed by atoms with Crippen molar-refractivity contribution < 1.29 is 0 Å². The van der Waals surface area contributed by atoms with Gasteiger partial charge in [0.25, 0.3) is 0 Å². The minimum absolute atomic E-state index is 0.921.